The van der Waals surface area contributed by atoms with Crippen LogP contribution in [0.4, 0.5) is 0 Å². The molecule has 0 heterocycles. The fraction of sp³-hybridized carbons (Fsp3) is 0.409. The number of hydrogen-bond acceptors (Lipinski definition) is 4. The van der Waals surface area contributed by atoms with E-state index < -0.39 is 0 Å². The van der Waals surface area contributed by atoms with Crippen molar-refractivity contribution < 1.29 is 14.2 Å². The first-order valence-electron chi connectivity index (χ1n) is 9.56. The van der Waals surface area contributed by atoms with Gasteiger partial charge in [0.15, 0.2) is 5.96 Å². The van der Waals surface area contributed by atoms with Gasteiger partial charge in [0.25, 0.3) is 0 Å². The Hall–Kier alpha value is -2.57. The summed E-state index contributed by atoms with van der Waals surface area (Å²) in [6.07, 6.45) is 0. The van der Waals surface area contributed by atoms with Crippen LogP contribution in [0.1, 0.15) is 23.6 Å². The van der Waals surface area contributed by atoms with Crippen molar-refractivity contribution in [3.63, 3.8) is 0 Å². The van der Waals surface area contributed by atoms with E-state index in [0.717, 1.165) is 29.4 Å². The van der Waals surface area contributed by atoms with Crippen molar-refractivity contribution in [2.24, 2.45) is 4.99 Å². The molecule has 2 aromatic carbocycles. The Labute approximate surface area is 167 Å². The van der Waals surface area contributed by atoms with Gasteiger partial charge in [-0.3, -0.25) is 4.99 Å². The van der Waals surface area contributed by atoms with Crippen molar-refractivity contribution in [1.29, 1.82) is 0 Å². The predicted octanol–water partition coefficient (Wildman–Crippen LogP) is 3.11. The van der Waals surface area contributed by atoms with Crippen LogP contribution in [0.15, 0.2) is 53.5 Å². The van der Waals surface area contributed by atoms with Crippen LogP contribution >= 0.6 is 0 Å². The minimum atomic E-state index is 0.587. The maximum absolute atomic E-state index is 5.64. The van der Waals surface area contributed by atoms with Crippen LogP contribution in [-0.2, 0) is 29.2 Å². The maximum Gasteiger partial charge on any atom is 0.191 e. The van der Waals surface area contributed by atoms with E-state index in [1.54, 1.807) is 14.2 Å². The first kappa shape index (κ1) is 21.7. The largest absolute Gasteiger partial charge is 0.497 e. The summed E-state index contributed by atoms with van der Waals surface area (Å²) in [7, 11) is 3.44. The van der Waals surface area contributed by atoms with Crippen LogP contribution in [0.2, 0.25) is 0 Å². The molecule has 0 spiro atoms. The minimum Gasteiger partial charge on any atom is -0.497 e. The first-order valence-corrected chi connectivity index (χ1v) is 9.56. The van der Waals surface area contributed by atoms with Crippen LogP contribution in [-0.4, -0.2) is 39.9 Å². The molecule has 0 aliphatic carbocycles. The molecular formula is C22H31N3O3. The molecule has 0 amide bonds. The van der Waals surface area contributed by atoms with E-state index >= 15 is 0 Å². The molecule has 6 nitrogen and oxygen atoms in total. The number of hydrogen-bond donors (Lipinski definition) is 2. The molecule has 152 valence electrons. The summed E-state index contributed by atoms with van der Waals surface area (Å²) in [5.41, 5.74) is 3.46. The lowest BCUT2D eigenvalue weighted by molar-refractivity contribution is 0.0453. The third-order valence-electron chi connectivity index (χ3n) is 4.11. The van der Waals surface area contributed by atoms with Gasteiger partial charge in [0.2, 0.25) is 0 Å². The second-order valence-corrected chi connectivity index (χ2v) is 6.20. The van der Waals surface area contributed by atoms with Crippen molar-refractivity contribution in [2.75, 3.05) is 34.0 Å². The molecule has 0 aliphatic heterocycles. The molecule has 0 radical (unpaired) electrons. The standard InChI is InChI=1S/C22H31N3O3/c1-4-27-11-12-28-17-20-9-5-7-18(13-20)15-24-22(23-2)25-16-19-8-6-10-21(14-19)26-3/h5-10,13-14H,4,11-12,15-17H2,1-3H3,(H2,23,24,25). The number of ether oxygens (including phenoxy) is 3. The summed E-state index contributed by atoms with van der Waals surface area (Å²) in [6, 6.07) is 16.3. The Kier molecular flexibility index (Phi) is 9.89. The normalized spacial score (nSPS) is 11.3. The highest BCUT2D eigenvalue weighted by Crippen LogP contribution is 2.12. The molecule has 2 rings (SSSR count). The van der Waals surface area contributed by atoms with Gasteiger partial charge < -0.3 is 24.8 Å². The van der Waals surface area contributed by atoms with E-state index in [1.165, 1.54) is 5.56 Å². The van der Waals surface area contributed by atoms with Gasteiger partial charge in [0, 0.05) is 26.7 Å². The number of methoxy groups -OCH3 is 1. The molecule has 6 heteroatoms. The van der Waals surface area contributed by atoms with E-state index in [2.05, 4.69) is 39.9 Å². The molecule has 28 heavy (non-hydrogen) atoms. The third kappa shape index (κ3) is 7.98. The van der Waals surface area contributed by atoms with E-state index in [-0.39, 0.29) is 0 Å². The van der Waals surface area contributed by atoms with Crippen LogP contribution in [0.3, 0.4) is 0 Å². The van der Waals surface area contributed by atoms with Crippen LogP contribution < -0.4 is 15.4 Å². The molecular weight excluding hydrogens is 354 g/mol. The Bertz CT molecular complexity index is 734. The molecule has 0 saturated carbocycles. The van der Waals surface area contributed by atoms with Crippen molar-refractivity contribution in [1.82, 2.24) is 10.6 Å². The molecule has 0 fully saturated rings. The van der Waals surface area contributed by atoms with E-state index in [4.69, 9.17) is 14.2 Å². The number of benzene rings is 2. The second-order valence-electron chi connectivity index (χ2n) is 6.20. The summed E-state index contributed by atoms with van der Waals surface area (Å²) in [5.74, 6) is 1.60. The molecule has 0 atom stereocenters. The SMILES string of the molecule is CCOCCOCc1cccc(CNC(=NC)NCc2cccc(OC)c2)c1. The fourth-order valence-electron chi connectivity index (χ4n) is 2.66. The fourth-order valence-corrected chi connectivity index (χ4v) is 2.66. The monoisotopic (exact) mass is 385 g/mol. The zero-order valence-corrected chi connectivity index (χ0v) is 17.0. The summed E-state index contributed by atoms with van der Waals surface area (Å²) in [6.45, 7) is 5.89. The summed E-state index contributed by atoms with van der Waals surface area (Å²) in [4.78, 5) is 4.29. The lowest BCUT2D eigenvalue weighted by Crippen LogP contribution is -2.36. The Morgan fingerprint density at radius 3 is 2.21 bits per heavy atom. The van der Waals surface area contributed by atoms with Crippen LogP contribution in [0.25, 0.3) is 0 Å². The molecule has 0 saturated heterocycles. The van der Waals surface area contributed by atoms with Crippen molar-refractivity contribution in [3.8, 4) is 5.75 Å². The summed E-state index contributed by atoms with van der Waals surface area (Å²) in [5, 5.41) is 6.66. The van der Waals surface area contributed by atoms with Gasteiger partial charge in [-0.1, -0.05) is 36.4 Å². The second kappa shape index (κ2) is 12.8. The van der Waals surface area contributed by atoms with Gasteiger partial charge >= 0.3 is 0 Å². The number of aliphatic imine (C=N–C) groups is 1. The van der Waals surface area contributed by atoms with E-state index in [9.17, 15) is 0 Å². The Balaban J connectivity index is 1.78. The van der Waals surface area contributed by atoms with Crippen molar-refractivity contribution in [3.05, 3.63) is 65.2 Å². The van der Waals surface area contributed by atoms with Gasteiger partial charge in [-0.25, -0.2) is 0 Å². The molecule has 0 aliphatic rings. The third-order valence-corrected chi connectivity index (χ3v) is 4.11. The predicted molar refractivity (Wildman–Crippen MR) is 113 cm³/mol. The van der Waals surface area contributed by atoms with E-state index in [0.29, 0.717) is 32.9 Å². The number of nitrogens with zero attached hydrogens (tertiary/aromatic N) is 1. The van der Waals surface area contributed by atoms with Gasteiger partial charge in [0.05, 0.1) is 26.9 Å². The van der Waals surface area contributed by atoms with E-state index in [1.807, 2.05) is 31.2 Å². The lowest BCUT2D eigenvalue weighted by atomic mass is 10.1. The molecule has 0 bridgehead atoms. The molecule has 0 aromatic heterocycles. The maximum atomic E-state index is 5.64. The van der Waals surface area contributed by atoms with Crippen molar-refractivity contribution >= 4 is 5.96 Å². The van der Waals surface area contributed by atoms with Crippen LogP contribution in [0, 0.1) is 0 Å². The molecule has 2 aromatic rings. The highest BCUT2D eigenvalue weighted by atomic mass is 16.5. The number of guanidine groups is 1. The average molecular weight is 386 g/mol. The van der Waals surface area contributed by atoms with Gasteiger partial charge in [-0.2, -0.15) is 0 Å². The summed E-state index contributed by atoms with van der Waals surface area (Å²) >= 11 is 0. The zero-order chi connectivity index (χ0) is 20.0. The Morgan fingerprint density at radius 1 is 0.893 bits per heavy atom. The van der Waals surface area contributed by atoms with Gasteiger partial charge in [-0.15, -0.1) is 0 Å². The Morgan fingerprint density at radius 2 is 1.54 bits per heavy atom. The van der Waals surface area contributed by atoms with Crippen LogP contribution in [0.5, 0.6) is 5.75 Å². The minimum absolute atomic E-state index is 0.587. The highest BCUT2D eigenvalue weighted by Gasteiger charge is 2.02. The summed E-state index contributed by atoms with van der Waals surface area (Å²) < 4.78 is 16.2. The number of nitrogens with one attached hydrogen (secondary N) is 2. The number of rotatable bonds is 11. The van der Waals surface area contributed by atoms with Gasteiger partial charge in [0.1, 0.15) is 5.75 Å². The topological polar surface area (TPSA) is 64.1 Å². The smallest absolute Gasteiger partial charge is 0.191 e. The quantitative estimate of drug-likeness (QED) is 0.353. The molecule has 0 unspecified atom stereocenters. The van der Waals surface area contributed by atoms with Crippen molar-refractivity contribution in [2.45, 2.75) is 26.6 Å². The average Bonchev–Trinajstić information content (AvgIpc) is 2.74. The highest BCUT2D eigenvalue weighted by molar-refractivity contribution is 5.79. The van der Waals surface area contributed by atoms with Gasteiger partial charge in [-0.05, 0) is 35.7 Å². The first-order chi connectivity index (χ1) is 13.7. The lowest BCUT2D eigenvalue weighted by Gasteiger charge is -2.13. The zero-order valence-electron chi connectivity index (χ0n) is 17.0. The molecule has 2 N–H and O–H groups in total.